The summed E-state index contributed by atoms with van der Waals surface area (Å²) in [7, 11) is 0. The number of nitrogens with one attached hydrogen (secondary N) is 1. The van der Waals surface area contributed by atoms with Gasteiger partial charge in [-0.15, -0.1) is 5.10 Å². The number of rotatable bonds is 7. The summed E-state index contributed by atoms with van der Waals surface area (Å²) in [4.78, 5) is 22.3. The van der Waals surface area contributed by atoms with E-state index in [2.05, 4.69) is 26.9 Å². The first-order chi connectivity index (χ1) is 9.10. The summed E-state index contributed by atoms with van der Waals surface area (Å²) in [5.74, 6) is -1.42. The second-order valence-corrected chi connectivity index (χ2v) is 3.23. The third-order valence-corrected chi connectivity index (χ3v) is 1.91. The maximum atomic E-state index is 11.4. The van der Waals surface area contributed by atoms with E-state index in [1.165, 1.54) is 6.08 Å². The van der Waals surface area contributed by atoms with Gasteiger partial charge in [-0.2, -0.15) is 0 Å². The molecule has 9 heteroatoms. The Morgan fingerprint density at radius 2 is 2.32 bits per heavy atom. The van der Waals surface area contributed by atoms with E-state index >= 15 is 0 Å². The highest BCUT2D eigenvalue weighted by molar-refractivity contribution is 5.95. The molecule has 0 spiro atoms. The molecule has 1 heterocycles. The summed E-state index contributed by atoms with van der Waals surface area (Å²) in [5.41, 5.74) is -0.393. The molecule has 1 aromatic heterocycles. The number of nitrogens with zero attached hydrogens (tertiary/aromatic N) is 3. The van der Waals surface area contributed by atoms with E-state index in [1.54, 1.807) is 6.92 Å². The summed E-state index contributed by atoms with van der Waals surface area (Å²) in [6.07, 6.45) is 0.551. The largest absolute Gasteiger partial charge is 0.476 e. The van der Waals surface area contributed by atoms with Gasteiger partial charge in [-0.25, -0.2) is 14.3 Å². The number of hydrogen-bond donors (Lipinski definition) is 2. The molecule has 104 valence electrons. The Morgan fingerprint density at radius 1 is 1.58 bits per heavy atom. The lowest BCUT2D eigenvalue weighted by atomic mass is 10.4. The van der Waals surface area contributed by atoms with Gasteiger partial charge in [0, 0.05) is 6.61 Å². The van der Waals surface area contributed by atoms with Crippen LogP contribution in [0.15, 0.2) is 12.7 Å². The number of carboxylic acid groups (broad SMARTS) is 1. The van der Waals surface area contributed by atoms with Gasteiger partial charge in [-0.1, -0.05) is 17.9 Å². The highest BCUT2D eigenvalue weighted by Gasteiger charge is 2.21. The molecule has 0 saturated heterocycles. The molecule has 0 aliphatic carbocycles. The number of carbonyl (C=O) groups is 2. The van der Waals surface area contributed by atoms with Gasteiger partial charge in [0.15, 0.2) is 5.82 Å². The molecule has 0 aliphatic heterocycles. The second kappa shape index (κ2) is 7.11. The fraction of sp³-hybridized carbons (Fsp3) is 0.400. The number of ether oxygens (including phenoxy) is 2. The van der Waals surface area contributed by atoms with Crippen LogP contribution in [0.3, 0.4) is 0 Å². The average molecular weight is 270 g/mol. The SMILES string of the molecule is C=CCOC(=O)Nc1c(C(=O)O)nnn1COCC. The number of anilines is 1. The maximum Gasteiger partial charge on any atom is 0.413 e. The average Bonchev–Trinajstić information content (AvgIpc) is 2.77. The van der Waals surface area contributed by atoms with E-state index in [1.807, 2.05) is 0 Å². The van der Waals surface area contributed by atoms with Crippen molar-refractivity contribution in [3.8, 4) is 0 Å². The zero-order valence-electron chi connectivity index (χ0n) is 10.3. The van der Waals surface area contributed by atoms with Crippen LogP contribution in [-0.2, 0) is 16.2 Å². The molecule has 0 aromatic carbocycles. The first-order valence-corrected chi connectivity index (χ1v) is 5.39. The molecule has 0 saturated carbocycles. The first-order valence-electron chi connectivity index (χ1n) is 5.39. The van der Waals surface area contributed by atoms with Gasteiger partial charge < -0.3 is 14.6 Å². The topological polar surface area (TPSA) is 116 Å². The van der Waals surface area contributed by atoms with Crippen LogP contribution < -0.4 is 5.32 Å². The molecule has 2 N–H and O–H groups in total. The van der Waals surface area contributed by atoms with Crippen molar-refractivity contribution in [2.75, 3.05) is 18.5 Å². The number of aromatic carboxylic acids is 1. The zero-order valence-corrected chi connectivity index (χ0v) is 10.3. The van der Waals surface area contributed by atoms with Gasteiger partial charge >= 0.3 is 12.1 Å². The van der Waals surface area contributed by atoms with Gasteiger partial charge in [0.05, 0.1) is 0 Å². The third kappa shape index (κ3) is 4.07. The lowest BCUT2D eigenvalue weighted by molar-refractivity contribution is 0.0691. The van der Waals surface area contributed by atoms with Crippen molar-refractivity contribution >= 4 is 17.9 Å². The van der Waals surface area contributed by atoms with Crippen LogP contribution in [0, 0.1) is 0 Å². The third-order valence-electron chi connectivity index (χ3n) is 1.91. The Kier molecular flexibility index (Phi) is 5.48. The molecule has 1 rings (SSSR count). The number of hydrogen-bond acceptors (Lipinski definition) is 6. The van der Waals surface area contributed by atoms with Crippen molar-refractivity contribution < 1.29 is 24.2 Å². The van der Waals surface area contributed by atoms with Crippen LogP contribution >= 0.6 is 0 Å². The molecule has 1 aromatic rings. The first kappa shape index (κ1) is 14.6. The quantitative estimate of drug-likeness (QED) is 0.700. The molecule has 0 fully saturated rings. The van der Waals surface area contributed by atoms with Gasteiger partial charge in [-0.05, 0) is 6.92 Å². The van der Waals surface area contributed by atoms with E-state index < -0.39 is 17.8 Å². The van der Waals surface area contributed by atoms with Crippen molar-refractivity contribution in [2.45, 2.75) is 13.7 Å². The smallest absolute Gasteiger partial charge is 0.413 e. The van der Waals surface area contributed by atoms with Gasteiger partial charge in [0.2, 0.25) is 5.69 Å². The summed E-state index contributed by atoms with van der Waals surface area (Å²) >= 11 is 0. The number of amides is 1. The predicted molar refractivity (Wildman–Crippen MR) is 63.8 cm³/mol. The van der Waals surface area contributed by atoms with Crippen molar-refractivity contribution in [3.05, 3.63) is 18.3 Å². The number of aromatic nitrogens is 3. The molecule has 0 bridgehead atoms. The Labute approximate surface area is 108 Å². The predicted octanol–water partition coefficient (Wildman–Crippen LogP) is 0.705. The number of carbonyl (C=O) groups excluding carboxylic acids is 1. The van der Waals surface area contributed by atoms with E-state index in [0.717, 1.165) is 4.68 Å². The maximum absolute atomic E-state index is 11.4. The standard InChI is InChI=1S/C10H14N4O5/c1-3-5-19-10(17)11-8-7(9(15)16)12-13-14(8)6-18-4-2/h3H,1,4-6H2,2H3,(H,11,17)(H,15,16). The molecular formula is C10H14N4O5. The Balaban J connectivity index is 2.87. The summed E-state index contributed by atoms with van der Waals surface area (Å²) in [5, 5.41) is 18.2. The van der Waals surface area contributed by atoms with Crippen LogP contribution in [-0.4, -0.2) is 45.4 Å². The van der Waals surface area contributed by atoms with Crippen LogP contribution in [0.4, 0.5) is 10.6 Å². The highest BCUT2D eigenvalue weighted by Crippen LogP contribution is 2.13. The summed E-state index contributed by atoms with van der Waals surface area (Å²) in [6.45, 7) is 5.52. The summed E-state index contributed by atoms with van der Waals surface area (Å²) in [6, 6.07) is 0. The van der Waals surface area contributed by atoms with Crippen LogP contribution in [0.25, 0.3) is 0 Å². The fourth-order valence-electron chi connectivity index (χ4n) is 1.12. The van der Waals surface area contributed by atoms with Crippen LogP contribution in [0.5, 0.6) is 0 Å². The lowest BCUT2D eigenvalue weighted by Gasteiger charge is -2.08. The minimum absolute atomic E-state index is 0.00125. The second-order valence-electron chi connectivity index (χ2n) is 3.23. The molecule has 9 nitrogen and oxygen atoms in total. The van der Waals surface area contributed by atoms with E-state index in [4.69, 9.17) is 9.84 Å². The van der Waals surface area contributed by atoms with E-state index in [9.17, 15) is 9.59 Å². The Morgan fingerprint density at radius 3 is 2.89 bits per heavy atom. The zero-order chi connectivity index (χ0) is 14.3. The lowest BCUT2D eigenvalue weighted by Crippen LogP contribution is -2.19. The minimum atomic E-state index is -1.32. The normalized spacial score (nSPS) is 9.95. The van der Waals surface area contributed by atoms with Gasteiger partial charge in [0.1, 0.15) is 13.3 Å². The Hall–Kier alpha value is -2.42. The van der Waals surface area contributed by atoms with Gasteiger partial charge in [-0.3, -0.25) is 5.32 Å². The molecule has 0 aliphatic rings. The molecule has 0 radical (unpaired) electrons. The minimum Gasteiger partial charge on any atom is -0.476 e. The van der Waals surface area contributed by atoms with Crippen molar-refractivity contribution in [2.24, 2.45) is 0 Å². The molecule has 19 heavy (non-hydrogen) atoms. The molecule has 0 atom stereocenters. The molecule has 0 unspecified atom stereocenters. The monoisotopic (exact) mass is 270 g/mol. The number of carboxylic acids is 1. The highest BCUT2D eigenvalue weighted by atomic mass is 16.5. The van der Waals surface area contributed by atoms with Crippen LogP contribution in [0.1, 0.15) is 17.4 Å². The molecule has 1 amide bonds. The fourth-order valence-corrected chi connectivity index (χ4v) is 1.12. The van der Waals surface area contributed by atoms with Crippen molar-refractivity contribution in [1.82, 2.24) is 15.0 Å². The molecular weight excluding hydrogens is 256 g/mol. The van der Waals surface area contributed by atoms with Crippen LogP contribution in [0.2, 0.25) is 0 Å². The van der Waals surface area contributed by atoms with Gasteiger partial charge in [0.25, 0.3) is 0 Å². The van der Waals surface area contributed by atoms with E-state index in [0.29, 0.717) is 6.61 Å². The van der Waals surface area contributed by atoms with E-state index in [-0.39, 0.29) is 19.2 Å². The van der Waals surface area contributed by atoms with Crippen molar-refractivity contribution in [1.29, 1.82) is 0 Å². The summed E-state index contributed by atoms with van der Waals surface area (Å²) < 4.78 is 10.9. The van der Waals surface area contributed by atoms with Crippen molar-refractivity contribution in [3.63, 3.8) is 0 Å². The Bertz CT molecular complexity index is 470.